The van der Waals surface area contributed by atoms with Crippen LogP contribution in [0.25, 0.3) is 0 Å². The number of imide groups is 1. The van der Waals surface area contributed by atoms with Crippen LogP contribution in [0.15, 0.2) is 65.1 Å². The van der Waals surface area contributed by atoms with Crippen molar-refractivity contribution in [3.63, 3.8) is 0 Å². The van der Waals surface area contributed by atoms with Gasteiger partial charge >= 0.3 is 6.03 Å². The molecule has 10 amide bonds. The van der Waals surface area contributed by atoms with E-state index in [2.05, 4.69) is 37.9 Å². The summed E-state index contributed by atoms with van der Waals surface area (Å²) in [5.74, 6) is -4.69. The van der Waals surface area contributed by atoms with Crippen LogP contribution in [0.1, 0.15) is 114 Å². The minimum Gasteiger partial charge on any atom is -0.380 e. The molecule has 2 aliphatic rings. The predicted octanol–water partition coefficient (Wildman–Crippen LogP) is 3.25. The van der Waals surface area contributed by atoms with E-state index < -0.39 is 86.5 Å². The molecule has 0 radical (unpaired) electrons. The van der Waals surface area contributed by atoms with Crippen molar-refractivity contribution < 1.29 is 56.3 Å². The molecule has 0 spiro atoms. The fraction of sp³-hybridized carbons (Fsp3) is 0.611. The lowest BCUT2D eigenvalue weighted by Gasteiger charge is -2.36. The Balaban J connectivity index is 1.69. The first kappa shape index (κ1) is 64.8. The molecule has 6 unspecified atom stereocenters. The maximum Gasteiger partial charge on any atom is 0.312 e. The van der Waals surface area contributed by atoms with Crippen molar-refractivity contribution >= 4 is 69.0 Å². The number of benzene rings is 1. The number of ether oxygens (including phenoxy) is 1. The van der Waals surface area contributed by atoms with E-state index in [-0.39, 0.29) is 97.0 Å². The van der Waals surface area contributed by atoms with Crippen molar-refractivity contribution in [1.82, 2.24) is 40.7 Å². The van der Waals surface area contributed by atoms with Crippen LogP contribution < -0.4 is 37.0 Å². The van der Waals surface area contributed by atoms with Gasteiger partial charge < -0.3 is 42.0 Å². The van der Waals surface area contributed by atoms with Crippen LogP contribution >= 0.6 is 0 Å². The number of rotatable bonds is 29. The molecule has 0 bridgehead atoms. The van der Waals surface area contributed by atoms with Crippen molar-refractivity contribution in [3.05, 3.63) is 60.2 Å². The van der Waals surface area contributed by atoms with Crippen molar-refractivity contribution in [2.24, 2.45) is 28.4 Å². The van der Waals surface area contributed by atoms with Crippen LogP contribution in [-0.2, 0) is 53.1 Å². The number of likely N-dealkylation sites (N-methyl/N-ethyl adjacent to an activating group) is 2. The van der Waals surface area contributed by atoms with Gasteiger partial charge in [-0.1, -0.05) is 80.9 Å². The van der Waals surface area contributed by atoms with Crippen LogP contribution in [0.5, 0.6) is 0 Å². The van der Waals surface area contributed by atoms with Crippen LogP contribution in [0.2, 0.25) is 0 Å². The summed E-state index contributed by atoms with van der Waals surface area (Å²) in [6.45, 7) is 22.9. The first-order valence-electron chi connectivity index (χ1n) is 26.1. The summed E-state index contributed by atoms with van der Waals surface area (Å²) >= 11 is 0. The van der Waals surface area contributed by atoms with E-state index in [1.807, 2.05) is 53.5 Å². The van der Waals surface area contributed by atoms with Gasteiger partial charge in [-0.25, -0.2) is 17.9 Å². The molecule has 8 N–H and O–H groups in total. The number of urea groups is 1. The molecule has 0 aliphatic carbocycles. The first-order chi connectivity index (χ1) is 35.8. The summed E-state index contributed by atoms with van der Waals surface area (Å²) in [6.07, 6.45) is 7.26. The van der Waals surface area contributed by atoms with Gasteiger partial charge in [0, 0.05) is 55.4 Å². The highest BCUT2D eigenvalue weighted by atomic mass is 32.2. The van der Waals surface area contributed by atoms with Crippen LogP contribution in [-0.4, -0.2) is 154 Å². The lowest BCUT2D eigenvalue weighted by atomic mass is 9.89. The number of nitrogens with one attached hydrogen (secondary N) is 6. The Morgan fingerprint density at radius 2 is 1.52 bits per heavy atom. The van der Waals surface area contributed by atoms with Gasteiger partial charge in [-0.3, -0.25) is 48.2 Å². The number of hydrogen-bond donors (Lipinski definition) is 7. The number of carbonyl (C=O) groups is 9. The summed E-state index contributed by atoms with van der Waals surface area (Å²) in [5, 5.41) is 13.4. The van der Waals surface area contributed by atoms with Gasteiger partial charge in [0.15, 0.2) is 0 Å². The van der Waals surface area contributed by atoms with Gasteiger partial charge in [0.2, 0.25) is 29.5 Å². The molecule has 428 valence electrons. The summed E-state index contributed by atoms with van der Waals surface area (Å²) in [5.41, 5.74) is 4.30. The zero-order chi connectivity index (χ0) is 58.2. The molecule has 2 heterocycles. The van der Waals surface area contributed by atoms with E-state index in [1.165, 1.54) is 61.2 Å². The van der Waals surface area contributed by atoms with Crippen molar-refractivity contribution in [1.29, 1.82) is 0 Å². The van der Waals surface area contributed by atoms with Gasteiger partial charge in [0.25, 0.3) is 27.7 Å². The van der Waals surface area contributed by atoms with Crippen molar-refractivity contribution in [2.45, 2.75) is 149 Å². The molecule has 6 atom stereocenters. The van der Waals surface area contributed by atoms with E-state index in [0.717, 1.165) is 24.3 Å². The quantitative estimate of drug-likeness (QED) is 0.0263. The van der Waals surface area contributed by atoms with Crippen LogP contribution in [0.3, 0.4) is 0 Å². The van der Waals surface area contributed by atoms with Crippen LogP contribution in [0, 0.1) is 22.7 Å². The number of piperidine rings is 1. The fourth-order valence-electron chi connectivity index (χ4n) is 8.81. The SMILES string of the molecule is C=C(C)C(NC(=O)CC(C)(C)COCC(C)(C)CN1C(=O)C=CC1=O)C(=O)NC(CCCNC(N)=O)C(=O)Nc1ccc(S(=O)(=O)NC(=O)C(C)=CC(C(C)C)N(C)C(=O)C(NC(=O)C2CCCCN2C)C(C)CC)cc1. The Morgan fingerprint density at radius 1 is 0.909 bits per heavy atom. The Labute approximate surface area is 454 Å². The van der Waals surface area contributed by atoms with Gasteiger partial charge in [-0.2, -0.15) is 0 Å². The molecule has 77 heavy (non-hydrogen) atoms. The molecule has 3 rings (SSSR count). The van der Waals surface area contributed by atoms with Gasteiger partial charge in [-0.15, -0.1) is 0 Å². The largest absolute Gasteiger partial charge is 0.380 e. The average Bonchev–Trinajstić information content (AvgIpc) is 3.65. The molecule has 2 aliphatic heterocycles. The fourth-order valence-corrected chi connectivity index (χ4v) is 9.83. The smallest absolute Gasteiger partial charge is 0.312 e. The molecule has 0 saturated carbocycles. The maximum atomic E-state index is 14.1. The molecular weight excluding hydrogens is 1010 g/mol. The van der Waals surface area contributed by atoms with E-state index >= 15 is 0 Å². The highest BCUT2D eigenvalue weighted by Gasteiger charge is 2.37. The Morgan fingerprint density at radius 3 is 2.08 bits per heavy atom. The van der Waals surface area contributed by atoms with Gasteiger partial charge in [-0.05, 0) is 100 Å². The minimum absolute atomic E-state index is 0.00769. The number of hydrogen-bond acceptors (Lipinski definition) is 13. The summed E-state index contributed by atoms with van der Waals surface area (Å²) in [7, 11) is -0.985. The molecule has 1 aromatic carbocycles. The highest BCUT2D eigenvalue weighted by Crippen LogP contribution is 2.26. The molecule has 0 aromatic heterocycles. The molecule has 23 heteroatoms. The number of amides is 10. The number of nitrogens with two attached hydrogens (primary N) is 1. The normalized spacial score (nSPS) is 17.4. The number of likely N-dealkylation sites (tertiary alicyclic amines) is 1. The maximum absolute atomic E-state index is 14.1. The van der Waals surface area contributed by atoms with Crippen LogP contribution in [0.4, 0.5) is 10.5 Å². The summed E-state index contributed by atoms with van der Waals surface area (Å²) in [6, 6.07) is -0.211. The van der Waals surface area contributed by atoms with Gasteiger partial charge in [0.1, 0.15) is 18.1 Å². The van der Waals surface area contributed by atoms with Gasteiger partial charge in [0.05, 0.1) is 30.2 Å². The monoisotopic (exact) mass is 1100 g/mol. The molecule has 22 nitrogen and oxygen atoms in total. The number of sulfonamides is 1. The van der Waals surface area contributed by atoms with Crippen molar-refractivity contribution in [2.75, 3.05) is 52.3 Å². The molecule has 1 aromatic rings. The first-order valence-corrected chi connectivity index (χ1v) is 27.6. The number of anilines is 1. The van der Waals surface area contributed by atoms with E-state index in [0.29, 0.717) is 12.8 Å². The second-order valence-electron chi connectivity index (χ2n) is 22.3. The van der Waals surface area contributed by atoms with Crippen molar-refractivity contribution in [3.8, 4) is 0 Å². The molecule has 1 fully saturated rings. The Kier molecular flexibility index (Phi) is 24.2. The summed E-state index contributed by atoms with van der Waals surface area (Å²) in [4.78, 5) is 122. The molecule has 1 saturated heterocycles. The third-order valence-corrected chi connectivity index (χ3v) is 14.9. The number of carbonyl (C=O) groups excluding carboxylic acids is 9. The third kappa shape index (κ3) is 20.1. The number of nitrogens with zero attached hydrogens (tertiary/aromatic N) is 3. The Hall–Kier alpha value is -6.46. The average molecular weight is 1100 g/mol. The second-order valence-corrected chi connectivity index (χ2v) is 24.0. The third-order valence-electron chi connectivity index (χ3n) is 13.5. The zero-order valence-electron chi connectivity index (χ0n) is 47.0. The lowest BCUT2D eigenvalue weighted by molar-refractivity contribution is -0.140. The highest BCUT2D eigenvalue weighted by molar-refractivity contribution is 7.90. The Bertz CT molecular complexity index is 2490. The van der Waals surface area contributed by atoms with E-state index in [4.69, 9.17) is 10.5 Å². The second kappa shape index (κ2) is 28.8. The number of primary amides is 1. The summed E-state index contributed by atoms with van der Waals surface area (Å²) < 4.78 is 35.1. The lowest BCUT2D eigenvalue weighted by Crippen LogP contribution is -2.57. The topological polar surface area (TPSA) is 305 Å². The van der Waals surface area contributed by atoms with E-state index in [1.54, 1.807) is 20.9 Å². The zero-order valence-corrected chi connectivity index (χ0v) is 47.8. The minimum atomic E-state index is -4.47. The molecular formula is C54H84N10O12S. The standard InChI is InChI=1S/C54H84N10O12S/c1-14-35(6)46(60-49(70)40-19-15-16-27-62(40)12)51(72)63(13)41(33(2)3)28-36(7)47(68)61-77(74,75)38-22-20-37(21-23-38)57-48(69)39(18-17-26-56-52(55)73)58-50(71)45(34(4)5)59-42(65)29-53(8,9)31-76-32-54(10,11)30-64-43(66)24-25-44(64)67/h20-25,28,33,35,39-41,45-46H,4,14-19,26-27,29-32H2,1-3,5-13H3,(H,57,69)(H,58,71)(H,59,65)(H,60,70)(H,61,68)(H3,55,56,73). The van der Waals surface area contributed by atoms with E-state index in [9.17, 15) is 51.6 Å². The predicted molar refractivity (Wildman–Crippen MR) is 292 cm³/mol.